The second-order valence-corrected chi connectivity index (χ2v) is 11.5. The first kappa shape index (κ1) is 27.6. The van der Waals surface area contributed by atoms with E-state index in [9.17, 15) is 19.5 Å². The lowest BCUT2D eigenvalue weighted by molar-refractivity contribution is -0.124. The number of carboxylic acids is 1. The van der Waals surface area contributed by atoms with E-state index in [4.69, 9.17) is 0 Å². The molecule has 204 valence electrons. The molecule has 0 radical (unpaired) electrons. The zero-order valence-corrected chi connectivity index (χ0v) is 23.1. The zero-order chi connectivity index (χ0) is 27.2. The van der Waals surface area contributed by atoms with E-state index in [1.165, 1.54) is 6.20 Å². The summed E-state index contributed by atoms with van der Waals surface area (Å²) in [5.74, 6) is -1.16. The summed E-state index contributed by atoms with van der Waals surface area (Å²) >= 11 is 1.06. The number of carboxylic acid groups (broad SMARTS) is 1. The van der Waals surface area contributed by atoms with E-state index in [-0.39, 0.29) is 22.7 Å². The molecule has 0 unspecified atom stereocenters. The summed E-state index contributed by atoms with van der Waals surface area (Å²) in [6.07, 6.45) is 8.46. The Labute approximate surface area is 227 Å². The van der Waals surface area contributed by atoms with Gasteiger partial charge in [-0.05, 0) is 36.8 Å². The number of hydrogen-bond donors (Lipinski definition) is 3. The lowest BCUT2D eigenvalue weighted by Crippen LogP contribution is -2.52. The van der Waals surface area contributed by atoms with Gasteiger partial charge in [-0.25, -0.2) is 14.6 Å². The van der Waals surface area contributed by atoms with Crippen LogP contribution in [0.15, 0.2) is 36.7 Å². The lowest BCUT2D eigenvalue weighted by atomic mass is 10.0. The van der Waals surface area contributed by atoms with Crippen LogP contribution in [0.25, 0.3) is 10.9 Å². The summed E-state index contributed by atoms with van der Waals surface area (Å²) < 4.78 is 2.04. The zero-order valence-electron chi connectivity index (χ0n) is 22.3. The molecular weight excluding hydrogens is 502 g/mol. The molecule has 0 saturated carbocycles. The highest BCUT2D eigenvalue weighted by atomic mass is 32.1. The quantitative estimate of drug-likeness (QED) is 0.363. The van der Waals surface area contributed by atoms with Crippen LogP contribution in [0.5, 0.6) is 0 Å². The van der Waals surface area contributed by atoms with Crippen molar-refractivity contribution >= 4 is 40.1 Å². The van der Waals surface area contributed by atoms with Gasteiger partial charge >= 0.3 is 12.0 Å². The van der Waals surface area contributed by atoms with E-state index < -0.39 is 18.1 Å². The van der Waals surface area contributed by atoms with Gasteiger partial charge in [0.15, 0.2) is 0 Å². The molecule has 3 N–H and O–H groups in total. The molecule has 1 fully saturated rings. The molecule has 0 spiro atoms. The molecule has 38 heavy (non-hydrogen) atoms. The van der Waals surface area contributed by atoms with E-state index in [2.05, 4.69) is 15.6 Å². The van der Waals surface area contributed by atoms with Crippen molar-refractivity contribution in [3.05, 3.63) is 52.1 Å². The normalized spacial score (nSPS) is 15.7. The number of carbonyl (C=O) groups excluding carboxylic acids is 2. The molecule has 3 aromatic rings. The van der Waals surface area contributed by atoms with Crippen molar-refractivity contribution in [2.45, 2.75) is 64.5 Å². The van der Waals surface area contributed by atoms with Crippen molar-refractivity contribution in [3.63, 3.8) is 0 Å². The minimum atomic E-state index is -1.05. The minimum absolute atomic E-state index is 0.116. The molecule has 9 nitrogen and oxygen atoms in total. The Balaban J connectivity index is 1.58. The SMILES string of the molecule is CC(C)C[C@H](NC(=O)N1CCCCCC1)C(=O)N[C@H](Cc1cn(C)c2ccccc12)c1ncc(C(=O)O)s1. The number of aromatic carboxylic acids is 1. The largest absolute Gasteiger partial charge is 0.477 e. The molecule has 3 heterocycles. The summed E-state index contributed by atoms with van der Waals surface area (Å²) in [6, 6.07) is 6.57. The molecule has 1 saturated heterocycles. The maximum atomic E-state index is 13.7. The van der Waals surface area contributed by atoms with Crippen LogP contribution in [0.4, 0.5) is 4.79 Å². The highest BCUT2D eigenvalue weighted by Gasteiger charge is 2.29. The van der Waals surface area contributed by atoms with Gasteiger partial charge in [-0.1, -0.05) is 44.9 Å². The molecule has 3 amide bonds. The number of hydrogen-bond acceptors (Lipinski definition) is 5. The second kappa shape index (κ2) is 12.4. The number of aromatic nitrogens is 2. The average molecular weight is 540 g/mol. The molecular formula is C28H37N5O4S. The topological polar surface area (TPSA) is 117 Å². The first-order valence-electron chi connectivity index (χ1n) is 13.3. The van der Waals surface area contributed by atoms with E-state index >= 15 is 0 Å². The Morgan fingerprint density at radius 2 is 1.79 bits per heavy atom. The third-order valence-electron chi connectivity index (χ3n) is 6.97. The first-order valence-corrected chi connectivity index (χ1v) is 14.1. The molecule has 4 rings (SSSR count). The van der Waals surface area contributed by atoms with E-state index in [1.807, 2.05) is 55.9 Å². The third kappa shape index (κ3) is 6.72. The van der Waals surface area contributed by atoms with Crippen LogP contribution in [0, 0.1) is 5.92 Å². The van der Waals surface area contributed by atoms with Crippen molar-refractivity contribution < 1.29 is 19.5 Å². The predicted octanol–water partition coefficient (Wildman–Crippen LogP) is 4.73. The maximum Gasteiger partial charge on any atom is 0.347 e. The van der Waals surface area contributed by atoms with Crippen molar-refractivity contribution in [1.29, 1.82) is 0 Å². The maximum absolute atomic E-state index is 13.7. The number of rotatable bonds is 9. The lowest BCUT2D eigenvalue weighted by Gasteiger charge is -2.27. The van der Waals surface area contributed by atoms with Gasteiger partial charge in [-0.3, -0.25) is 4.79 Å². The molecule has 1 aliphatic rings. The van der Waals surface area contributed by atoms with Gasteiger partial charge < -0.3 is 25.2 Å². The summed E-state index contributed by atoms with van der Waals surface area (Å²) in [7, 11) is 1.97. The Morgan fingerprint density at radius 1 is 1.08 bits per heavy atom. The number of thiazole rings is 1. The van der Waals surface area contributed by atoms with Crippen molar-refractivity contribution in [3.8, 4) is 0 Å². The smallest absolute Gasteiger partial charge is 0.347 e. The summed E-state index contributed by atoms with van der Waals surface area (Å²) in [5, 5.41) is 17.1. The van der Waals surface area contributed by atoms with Crippen LogP contribution in [0.3, 0.4) is 0 Å². The summed E-state index contributed by atoms with van der Waals surface area (Å²) in [4.78, 5) is 44.6. The van der Waals surface area contributed by atoms with Gasteiger partial charge in [0.1, 0.15) is 15.9 Å². The minimum Gasteiger partial charge on any atom is -0.477 e. The highest BCUT2D eigenvalue weighted by molar-refractivity contribution is 7.13. The molecule has 0 aliphatic carbocycles. The number of fused-ring (bicyclic) bond motifs is 1. The van der Waals surface area contributed by atoms with E-state index in [1.54, 1.807) is 4.90 Å². The van der Waals surface area contributed by atoms with Crippen LogP contribution in [0.2, 0.25) is 0 Å². The number of carbonyl (C=O) groups is 3. The number of nitrogens with zero attached hydrogens (tertiary/aromatic N) is 3. The summed E-state index contributed by atoms with van der Waals surface area (Å²) in [6.45, 7) is 5.43. The number of aryl methyl sites for hydroxylation is 1. The van der Waals surface area contributed by atoms with Crippen LogP contribution >= 0.6 is 11.3 Å². The average Bonchev–Trinajstić information content (AvgIpc) is 3.38. The number of amides is 3. The molecule has 2 aromatic heterocycles. The Bertz CT molecular complexity index is 1280. The van der Waals surface area contributed by atoms with Crippen LogP contribution in [-0.2, 0) is 18.3 Å². The number of urea groups is 1. The van der Waals surface area contributed by atoms with Crippen molar-refractivity contribution in [2.24, 2.45) is 13.0 Å². The van der Waals surface area contributed by atoms with Gasteiger partial charge in [-0.15, -0.1) is 11.3 Å². The van der Waals surface area contributed by atoms with Crippen molar-refractivity contribution in [2.75, 3.05) is 13.1 Å². The standard InChI is InChI=1S/C28H37N5O4S/c1-18(2)14-21(31-28(37)33-12-8-4-5-9-13-33)25(34)30-22(26-29-16-24(38-26)27(35)36)15-19-17-32(3)23-11-7-6-10-20(19)23/h6-7,10-11,16-18,21-22H,4-5,8-9,12-15H2,1-3H3,(H,30,34)(H,31,37)(H,35,36)/t21-,22+/m0/s1. The highest BCUT2D eigenvalue weighted by Crippen LogP contribution is 2.28. The molecule has 10 heteroatoms. The van der Waals surface area contributed by atoms with Crippen molar-refractivity contribution in [1.82, 2.24) is 25.1 Å². The molecule has 2 atom stereocenters. The van der Waals surface area contributed by atoms with Gasteiger partial charge in [-0.2, -0.15) is 0 Å². The fourth-order valence-electron chi connectivity index (χ4n) is 5.05. The van der Waals surface area contributed by atoms with Gasteiger partial charge in [0, 0.05) is 43.7 Å². The third-order valence-corrected chi connectivity index (χ3v) is 8.07. The fourth-order valence-corrected chi connectivity index (χ4v) is 5.85. The summed E-state index contributed by atoms with van der Waals surface area (Å²) in [5.41, 5.74) is 2.09. The van der Waals surface area contributed by atoms with Gasteiger partial charge in [0.05, 0.1) is 12.2 Å². The number of para-hydroxylation sites is 1. The molecule has 1 aliphatic heterocycles. The van der Waals surface area contributed by atoms with E-state index in [0.717, 1.165) is 53.5 Å². The van der Waals surface area contributed by atoms with Crippen LogP contribution < -0.4 is 10.6 Å². The van der Waals surface area contributed by atoms with Crippen LogP contribution in [0.1, 0.15) is 72.2 Å². The number of likely N-dealkylation sites (tertiary alicyclic amines) is 1. The first-order chi connectivity index (χ1) is 18.2. The second-order valence-electron chi connectivity index (χ2n) is 10.4. The van der Waals surface area contributed by atoms with Gasteiger partial charge in [0.25, 0.3) is 0 Å². The number of benzene rings is 1. The van der Waals surface area contributed by atoms with Gasteiger partial charge in [0.2, 0.25) is 5.91 Å². The monoisotopic (exact) mass is 539 g/mol. The fraction of sp³-hybridized carbons (Fsp3) is 0.500. The van der Waals surface area contributed by atoms with Crippen LogP contribution in [-0.4, -0.2) is 56.6 Å². The molecule has 1 aromatic carbocycles. The Morgan fingerprint density at radius 3 is 2.45 bits per heavy atom. The Hall–Kier alpha value is -3.40. The number of nitrogens with one attached hydrogen (secondary N) is 2. The Kier molecular flexibility index (Phi) is 9.04. The molecule has 0 bridgehead atoms. The van der Waals surface area contributed by atoms with E-state index in [0.29, 0.717) is 30.9 Å². The predicted molar refractivity (Wildman–Crippen MR) is 148 cm³/mol.